The minimum Gasteiger partial charge on any atom is -0.381 e. The number of aromatic nitrogens is 1. The van der Waals surface area contributed by atoms with Gasteiger partial charge in [-0.1, -0.05) is 68.4 Å². The Kier molecular flexibility index (Phi) is 12.1. The highest BCUT2D eigenvalue weighted by molar-refractivity contribution is 7.13. The van der Waals surface area contributed by atoms with Crippen LogP contribution in [0.5, 0.6) is 0 Å². The van der Waals surface area contributed by atoms with Crippen molar-refractivity contribution in [1.82, 2.24) is 15.2 Å². The molecule has 47 heavy (non-hydrogen) atoms. The molecule has 1 aliphatic rings. The molecule has 0 spiro atoms. The van der Waals surface area contributed by atoms with Crippen LogP contribution >= 0.6 is 11.3 Å². The summed E-state index contributed by atoms with van der Waals surface area (Å²) in [5.74, 6) is 0.170. The summed E-state index contributed by atoms with van der Waals surface area (Å²) >= 11 is 1.34. The minimum atomic E-state index is -0.797. The van der Waals surface area contributed by atoms with Crippen molar-refractivity contribution in [3.8, 4) is 11.1 Å². The summed E-state index contributed by atoms with van der Waals surface area (Å²) in [4.78, 5) is 46.4. The van der Waals surface area contributed by atoms with Gasteiger partial charge in [0.15, 0.2) is 5.13 Å². The van der Waals surface area contributed by atoms with Crippen molar-refractivity contribution < 1.29 is 19.1 Å². The number of unbranched alkanes of at least 4 members (excludes halogenated alkanes) is 1. The molecule has 2 N–H and O–H groups in total. The molecule has 1 aromatic heterocycles. The Hall–Kier alpha value is -4.54. The van der Waals surface area contributed by atoms with Gasteiger partial charge in [0, 0.05) is 62.2 Å². The molecule has 9 nitrogen and oxygen atoms in total. The molecule has 0 aliphatic carbocycles. The van der Waals surface area contributed by atoms with Gasteiger partial charge in [0.05, 0.1) is 0 Å². The third kappa shape index (κ3) is 9.05. The first kappa shape index (κ1) is 33.8. The van der Waals surface area contributed by atoms with Crippen LogP contribution in [0.25, 0.3) is 11.1 Å². The lowest BCUT2D eigenvalue weighted by molar-refractivity contribution is -0.120. The highest BCUT2D eigenvalue weighted by Crippen LogP contribution is 2.35. The topological polar surface area (TPSA) is 104 Å². The standard InChI is InChI=1S/C37H43N5O4S/c1-27(2)16-22-46-21-7-6-19-41(20-17-38-26-43)32-14-12-28(13-15-32)30-10-11-31-25-42(36(45)33(31)24-30)34(29-8-4-3-5-9-29)35(44)40-37-39-18-23-47-37/h3-5,8-15,18,23-24,26-27,34H,6-7,16-17,19-22,25H2,1-2H3,(H,38,43)(H,39,40,44). The Morgan fingerprint density at radius 3 is 2.53 bits per heavy atom. The first-order valence-corrected chi connectivity index (χ1v) is 17.1. The third-order valence-electron chi connectivity index (χ3n) is 8.26. The summed E-state index contributed by atoms with van der Waals surface area (Å²) in [6, 6.07) is 22.8. The van der Waals surface area contributed by atoms with Crippen LogP contribution in [0.2, 0.25) is 0 Å². The van der Waals surface area contributed by atoms with Gasteiger partial charge < -0.3 is 19.9 Å². The van der Waals surface area contributed by atoms with Crippen LogP contribution in [0, 0.1) is 5.92 Å². The molecule has 3 amide bonds. The van der Waals surface area contributed by atoms with E-state index in [0.717, 1.165) is 73.4 Å². The number of carbonyl (C=O) groups excluding carboxylic acids is 3. The lowest BCUT2D eigenvalue weighted by atomic mass is 10.00. The molecule has 0 fully saturated rings. The summed E-state index contributed by atoms with van der Waals surface area (Å²) in [5.41, 5.74) is 5.23. The van der Waals surface area contributed by atoms with E-state index in [9.17, 15) is 14.4 Å². The maximum Gasteiger partial charge on any atom is 0.255 e. The van der Waals surface area contributed by atoms with E-state index in [4.69, 9.17) is 4.74 Å². The van der Waals surface area contributed by atoms with Gasteiger partial charge in [-0.3, -0.25) is 19.7 Å². The summed E-state index contributed by atoms with van der Waals surface area (Å²) in [7, 11) is 0. The van der Waals surface area contributed by atoms with E-state index in [-0.39, 0.29) is 11.8 Å². The highest BCUT2D eigenvalue weighted by atomic mass is 32.1. The normalized spacial score (nSPS) is 13.0. The van der Waals surface area contributed by atoms with Crippen LogP contribution < -0.4 is 15.5 Å². The second-order valence-corrected chi connectivity index (χ2v) is 12.9. The van der Waals surface area contributed by atoms with E-state index >= 15 is 0 Å². The molecule has 1 aliphatic heterocycles. The first-order valence-electron chi connectivity index (χ1n) is 16.2. The Labute approximate surface area is 281 Å². The Morgan fingerprint density at radius 1 is 1.02 bits per heavy atom. The predicted molar refractivity (Wildman–Crippen MR) is 187 cm³/mol. The van der Waals surface area contributed by atoms with Gasteiger partial charge in [0.2, 0.25) is 6.41 Å². The summed E-state index contributed by atoms with van der Waals surface area (Å²) < 4.78 is 5.78. The second kappa shape index (κ2) is 16.9. The number of thiazole rings is 1. The van der Waals surface area contributed by atoms with Crippen LogP contribution in [0.15, 0.2) is 84.4 Å². The number of amides is 3. The van der Waals surface area contributed by atoms with Gasteiger partial charge >= 0.3 is 0 Å². The number of hydrogen-bond donors (Lipinski definition) is 2. The van der Waals surface area contributed by atoms with E-state index < -0.39 is 6.04 Å². The average molecular weight is 654 g/mol. The maximum absolute atomic E-state index is 13.9. The number of hydrogen-bond acceptors (Lipinski definition) is 7. The van der Waals surface area contributed by atoms with Gasteiger partial charge in [-0.25, -0.2) is 4.98 Å². The van der Waals surface area contributed by atoms with E-state index in [1.54, 1.807) is 16.5 Å². The number of benzene rings is 3. The van der Waals surface area contributed by atoms with Crippen molar-refractivity contribution in [2.75, 3.05) is 43.1 Å². The SMILES string of the molecule is CC(C)CCOCCCCN(CCNC=O)c1ccc(-c2ccc3c(c2)C(=O)N(C(C(=O)Nc2nccs2)c2ccccc2)C3)cc1. The van der Waals surface area contributed by atoms with Gasteiger partial charge in [0.1, 0.15) is 6.04 Å². The molecule has 0 radical (unpaired) electrons. The largest absolute Gasteiger partial charge is 0.381 e. The van der Waals surface area contributed by atoms with Crippen molar-refractivity contribution in [2.45, 2.75) is 45.7 Å². The third-order valence-corrected chi connectivity index (χ3v) is 8.95. The molecule has 5 rings (SSSR count). The maximum atomic E-state index is 13.9. The number of nitrogens with one attached hydrogen (secondary N) is 2. The smallest absolute Gasteiger partial charge is 0.255 e. The average Bonchev–Trinajstić information content (AvgIpc) is 3.71. The van der Waals surface area contributed by atoms with Crippen molar-refractivity contribution in [2.24, 2.45) is 5.92 Å². The fourth-order valence-corrected chi connectivity index (χ4v) is 6.23. The zero-order chi connectivity index (χ0) is 33.0. The minimum absolute atomic E-state index is 0.177. The number of carbonyl (C=O) groups is 3. The number of anilines is 2. The Bertz CT molecular complexity index is 1600. The number of rotatable bonds is 18. The van der Waals surface area contributed by atoms with E-state index in [1.165, 1.54) is 11.3 Å². The van der Waals surface area contributed by atoms with Crippen LogP contribution in [0.3, 0.4) is 0 Å². The van der Waals surface area contributed by atoms with E-state index in [2.05, 4.69) is 58.6 Å². The monoisotopic (exact) mass is 653 g/mol. The lowest BCUT2D eigenvalue weighted by Gasteiger charge is -2.27. The van der Waals surface area contributed by atoms with Crippen molar-refractivity contribution in [3.05, 3.63) is 101 Å². The van der Waals surface area contributed by atoms with Crippen molar-refractivity contribution in [1.29, 1.82) is 0 Å². The van der Waals surface area contributed by atoms with Gasteiger partial charge in [0.25, 0.3) is 11.8 Å². The number of nitrogens with zero attached hydrogens (tertiary/aromatic N) is 3. The summed E-state index contributed by atoms with van der Waals surface area (Å²) in [6.07, 6.45) is 5.41. The van der Waals surface area contributed by atoms with Crippen LogP contribution in [-0.4, -0.2) is 61.0 Å². The zero-order valence-corrected chi connectivity index (χ0v) is 27.9. The molecular weight excluding hydrogens is 611 g/mol. The molecule has 2 heterocycles. The quantitative estimate of drug-likeness (QED) is 0.0934. The summed E-state index contributed by atoms with van der Waals surface area (Å²) in [5, 5.41) is 7.95. The molecule has 1 atom stereocenters. The van der Waals surface area contributed by atoms with Gasteiger partial charge in [-0.15, -0.1) is 11.3 Å². The van der Waals surface area contributed by atoms with E-state index in [0.29, 0.717) is 36.2 Å². The van der Waals surface area contributed by atoms with Crippen LogP contribution in [0.4, 0.5) is 10.8 Å². The molecule has 10 heteroatoms. The molecule has 246 valence electrons. The van der Waals surface area contributed by atoms with Crippen molar-refractivity contribution in [3.63, 3.8) is 0 Å². The summed E-state index contributed by atoms with van der Waals surface area (Å²) in [6.45, 7) is 8.41. The number of ether oxygens (including phenoxy) is 1. The van der Waals surface area contributed by atoms with E-state index in [1.807, 2.05) is 48.5 Å². The Balaban J connectivity index is 1.27. The fraction of sp³-hybridized carbons (Fsp3) is 0.351. The molecule has 0 bridgehead atoms. The Morgan fingerprint density at radius 2 is 1.81 bits per heavy atom. The van der Waals surface area contributed by atoms with Crippen LogP contribution in [-0.2, 0) is 20.9 Å². The molecular formula is C37H43N5O4S. The molecule has 4 aromatic rings. The van der Waals surface area contributed by atoms with Crippen molar-refractivity contribution >= 4 is 40.4 Å². The van der Waals surface area contributed by atoms with Gasteiger partial charge in [-0.05, 0) is 65.6 Å². The molecule has 3 aromatic carbocycles. The fourth-order valence-electron chi connectivity index (χ4n) is 5.70. The van der Waals surface area contributed by atoms with Gasteiger partial charge in [-0.2, -0.15) is 0 Å². The molecule has 0 saturated heterocycles. The molecule has 1 unspecified atom stereocenters. The lowest BCUT2D eigenvalue weighted by Crippen LogP contribution is -2.37. The predicted octanol–water partition coefficient (Wildman–Crippen LogP) is 6.54. The highest BCUT2D eigenvalue weighted by Gasteiger charge is 2.37. The number of fused-ring (bicyclic) bond motifs is 1. The second-order valence-electron chi connectivity index (χ2n) is 12.1. The zero-order valence-electron chi connectivity index (χ0n) is 27.1. The first-order chi connectivity index (χ1) is 22.9. The van der Waals surface area contributed by atoms with Crippen LogP contribution in [0.1, 0.15) is 60.6 Å². The molecule has 0 saturated carbocycles.